The molecule has 2 atom stereocenters. The lowest BCUT2D eigenvalue weighted by Gasteiger charge is -2.15. The van der Waals surface area contributed by atoms with Crippen molar-refractivity contribution in [1.82, 2.24) is 15.1 Å². The number of aryl methyl sites for hydroxylation is 1. The molecular formula is C18H24N4O2. The predicted molar refractivity (Wildman–Crippen MR) is 92.9 cm³/mol. The van der Waals surface area contributed by atoms with E-state index in [1.54, 1.807) is 0 Å². The van der Waals surface area contributed by atoms with E-state index in [0.717, 1.165) is 36.1 Å². The molecule has 1 heterocycles. The zero-order chi connectivity index (χ0) is 16.9. The minimum Gasteiger partial charge on any atom is -0.393 e. The molecule has 0 saturated heterocycles. The Bertz CT molecular complexity index is 681. The van der Waals surface area contributed by atoms with Crippen molar-refractivity contribution in [2.24, 2.45) is 5.92 Å². The minimum atomic E-state index is -0.282. The fourth-order valence-corrected chi connectivity index (χ4v) is 3.09. The van der Waals surface area contributed by atoms with Gasteiger partial charge in [-0.25, -0.2) is 4.79 Å². The third-order valence-corrected chi connectivity index (χ3v) is 4.46. The quantitative estimate of drug-likeness (QED) is 0.789. The number of hydrogen-bond donors (Lipinski definition) is 3. The van der Waals surface area contributed by atoms with E-state index in [0.29, 0.717) is 13.1 Å². The van der Waals surface area contributed by atoms with Crippen molar-refractivity contribution in [2.45, 2.75) is 38.8 Å². The number of anilines is 1. The van der Waals surface area contributed by atoms with E-state index in [-0.39, 0.29) is 18.1 Å². The van der Waals surface area contributed by atoms with Gasteiger partial charge in [0.2, 0.25) is 0 Å². The summed E-state index contributed by atoms with van der Waals surface area (Å²) in [4.78, 5) is 11.9. The summed E-state index contributed by atoms with van der Waals surface area (Å²) >= 11 is 0. The van der Waals surface area contributed by atoms with Crippen LogP contribution >= 0.6 is 0 Å². The van der Waals surface area contributed by atoms with Crippen LogP contribution in [0.2, 0.25) is 0 Å². The predicted octanol–water partition coefficient (Wildman–Crippen LogP) is 2.52. The van der Waals surface area contributed by atoms with Gasteiger partial charge >= 0.3 is 6.03 Å². The van der Waals surface area contributed by atoms with Gasteiger partial charge < -0.3 is 15.7 Å². The largest absolute Gasteiger partial charge is 0.393 e. The first-order valence-electron chi connectivity index (χ1n) is 8.41. The van der Waals surface area contributed by atoms with Crippen LogP contribution in [0.5, 0.6) is 0 Å². The molecular weight excluding hydrogens is 304 g/mol. The van der Waals surface area contributed by atoms with Crippen molar-refractivity contribution in [3.8, 4) is 0 Å². The first-order valence-corrected chi connectivity index (χ1v) is 8.41. The molecule has 6 nitrogen and oxygen atoms in total. The van der Waals surface area contributed by atoms with E-state index >= 15 is 0 Å². The molecule has 3 rings (SSSR count). The fourth-order valence-electron chi connectivity index (χ4n) is 3.09. The fraction of sp³-hybridized carbons (Fsp3) is 0.444. The van der Waals surface area contributed by atoms with Gasteiger partial charge in [-0.3, -0.25) is 4.68 Å². The molecule has 0 aliphatic heterocycles. The number of hydrogen-bond acceptors (Lipinski definition) is 3. The van der Waals surface area contributed by atoms with Crippen LogP contribution in [0.4, 0.5) is 10.5 Å². The lowest BCUT2D eigenvalue weighted by atomic mass is 10.1. The minimum absolute atomic E-state index is 0.177. The number of aliphatic hydroxyl groups is 1. The van der Waals surface area contributed by atoms with Crippen molar-refractivity contribution in [3.05, 3.63) is 47.8 Å². The first kappa shape index (κ1) is 16.5. The number of rotatable bonds is 5. The van der Waals surface area contributed by atoms with Gasteiger partial charge in [0.25, 0.3) is 0 Å². The van der Waals surface area contributed by atoms with Gasteiger partial charge in [0.1, 0.15) is 0 Å². The number of aromatic nitrogens is 2. The molecule has 1 fully saturated rings. The molecule has 128 valence electrons. The second kappa shape index (κ2) is 7.49. The number of carbonyl (C=O) groups excluding carboxylic acids is 1. The standard InChI is InChI=1S/C18H24N4O2/c1-13-9-20-22(11-13)12-14-5-7-16(8-6-14)21-18(24)19-10-15-3-2-4-17(15)23/h5-9,11,15,17,23H,2-4,10,12H2,1H3,(H2,19,21,24)/t15-,17-/m0/s1. The van der Waals surface area contributed by atoms with E-state index in [1.165, 1.54) is 0 Å². The molecule has 1 saturated carbocycles. The van der Waals surface area contributed by atoms with Crippen LogP contribution in [-0.2, 0) is 6.54 Å². The van der Waals surface area contributed by atoms with Gasteiger partial charge in [0.15, 0.2) is 0 Å². The summed E-state index contributed by atoms with van der Waals surface area (Å²) in [6, 6.07) is 7.50. The second-order valence-electron chi connectivity index (χ2n) is 6.51. The Morgan fingerprint density at radius 2 is 2.12 bits per heavy atom. The van der Waals surface area contributed by atoms with E-state index in [9.17, 15) is 9.90 Å². The number of nitrogens with one attached hydrogen (secondary N) is 2. The number of urea groups is 1. The van der Waals surface area contributed by atoms with Crippen LogP contribution in [-0.4, -0.2) is 33.6 Å². The molecule has 6 heteroatoms. The maximum absolute atomic E-state index is 11.9. The SMILES string of the molecule is Cc1cnn(Cc2ccc(NC(=O)NC[C@@H]3CCC[C@@H]3O)cc2)c1. The van der Waals surface area contributed by atoms with Crippen LogP contribution in [0.3, 0.4) is 0 Å². The first-order chi connectivity index (χ1) is 11.6. The Kier molecular flexibility index (Phi) is 5.15. The van der Waals surface area contributed by atoms with Crippen molar-refractivity contribution in [2.75, 3.05) is 11.9 Å². The third-order valence-electron chi connectivity index (χ3n) is 4.46. The molecule has 1 aliphatic rings. The number of carbonyl (C=O) groups is 1. The van der Waals surface area contributed by atoms with Crippen molar-refractivity contribution in [1.29, 1.82) is 0 Å². The van der Waals surface area contributed by atoms with Crippen LogP contribution in [0.1, 0.15) is 30.4 Å². The summed E-state index contributed by atoms with van der Waals surface area (Å²) in [5, 5.41) is 19.7. The van der Waals surface area contributed by atoms with Gasteiger partial charge in [0.05, 0.1) is 18.8 Å². The number of nitrogens with zero attached hydrogens (tertiary/aromatic N) is 2. The van der Waals surface area contributed by atoms with Crippen molar-refractivity contribution in [3.63, 3.8) is 0 Å². The third kappa shape index (κ3) is 4.35. The zero-order valence-electron chi connectivity index (χ0n) is 13.9. The number of amides is 2. The summed E-state index contributed by atoms with van der Waals surface area (Å²) in [7, 11) is 0. The van der Waals surface area contributed by atoms with Gasteiger partial charge in [-0.1, -0.05) is 18.6 Å². The molecule has 2 amide bonds. The monoisotopic (exact) mass is 328 g/mol. The van der Waals surface area contributed by atoms with Gasteiger partial charge in [-0.2, -0.15) is 5.10 Å². The topological polar surface area (TPSA) is 79.2 Å². The van der Waals surface area contributed by atoms with Crippen LogP contribution in [0.25, 0.3) is 0 Å². The highest BCUT2D eigenvalue weighted by Gasteiger charge is 2.25. The summed E-state index contributed by atoms with van der Waals surface area (Å²) in [5.41, 5.74) is 3.01. The zero-order valence-corrected chi connectivity index (χ0v) is 13.9. The molecule has 1 aliphatic carbocycles. The Balaban J connectivity index is 1.47. The Labute approximate surface area is 141 Å². The highest BCUT2D eigenvalue weighted by molar-refractivity contribution is 5.89. The summed E-state index contributed by atoms with van der Waals surface area (Å²) in [6.45, 7) is 3.24. The lowest BCUT2D eigenvalue weighted by molar-refractivity contribution is 0.133. The van der Waals surface area contributed by atoms with Gasteiger partial charge in [-0.05, 0) is 43.0 Å². The molecule has 1 aromatic heterocycles. The number of aliphatic hydroxyl groups excluding tert-OH is 1. The maximum atomic E-state index is 11.9. The maximum Gasteiger partial charge on any atom is 0.319 e. The Hall–Kier alpha value is -2.34. The smallest absolute Gasteiger partial charge is 0.319 e. The van der Waals surface area contributed by atoms with E-state index in [4.69, 9.17) is 0 Å². The average Bonchev–Trinajstić information content (AvgIpc) is 3.15. The second-order valence-corrected chi connectivity index (χ2v) is 6.51. The van der Waals surface area contributed by atoms with E-state index in [2.05, 4.69) is 15.7 Å². The molecule has 3 N–H and O–H groups in total. The van der Waals surface area contributed by atoms with Crippen LogP contribution in [0, 0.1) is 12.8 Å². The summed E-state index contributed by atoms with van der Waals surface area (Å²) in [5.74, 6) is 0.177. The van der Waals surface area contributed by atoms with Crippen molar-refractivity contribution < 1.29 is 9.90 Å². The molecule has 0 unspecified atom stereocenters. The van der Waals surface area contributed by atoms with Crippen LogP contribution < -0.4 is 10.6 Å². The lowest BCUT2D eigenvalue weighted by Crippen LogP contribution is -2.35. The Morgan fingerprint density at radius 1 is 1.33 bits per heavy atom. The number of benzene rings is 1. The van der Waals surface area contributed by atoms with Gasteiger partial charge in [-0.15, -0.1) is 0 Å². The highest BCUT2D eigenvalue weighted by Crippen LogP contribution is 2.24. The molecule has 24 heavy (non-hydrogen) atoms. The molecule has 0 bridgehead atoms. The molecule has 0 spiro atoms. The molecule has 0 radical (unpaired) electrons. The molecule has 2 aromatic rings. The summed E-state index contributed by atoms with van der Waals surface area (Å²) < 4.78 is 1.89. The molecule has 1 aromatic carbocycles. The van der Waals surface area contributed by atoms with Crippen LogP contribution in [0.15, 0.2) is 36.7 Å². The van der Waals surface area contributed by atoms with Gasteiger partial charge in [0, 0.05) is 24.3 Å². The van der Waals surface area contributed by atoms with Crippen molar-refractivity contribution >= 4 is 11.7 Å². The summed E-state index contributed by atoms with van der Waals surface area (Å²) in [6.07, 6.45) is 6.40. The highest BCUT2D eigenvalue weighted by atomic mass is 16.3. The average molecular weight is 328 g/mol. The van der Waals surface area contributed by atoms with E-state index < -0.39 is 0 Å². The normalized spacial score (nSPS) is 20.1. The Morgan fingerprint density at radius 3 is 2.75 bits per heavy atom. The van der Waals surface area contributed by atoms with E-state index in [1.807, 2.05) is 48.3 Å².